The summed E-state index contributed by atoms with van der Waals surface area (Å²) in [4.78, 5) is 22.7. The van der Waals surface area contributed by atoms with E-state index in [0.717, 1.165) is 18.4 Å². The van der Waals surface area contributed by atoms with Gasteiger partial charge in [0.15, 0.2) is 0 Å². The molecule has 0 spiro atoms. The molecule has 0 aliphatic carbocycles. The average Bonchev–Trinajstić information content (AvgIpc) is 2.45. The Morgan fingerprint density at radius 3 is 2.42 bits per heavy atom. The lowest BCUT2D eigenvalue weighted by molar-refractivity contribution is -0.143. The van der Waals surface area contributed by atoms with Crippen LogP contribution in [0.15, 0.2) is 24.3 Å². The zero-order chi connectivity index (χ0) is 14.1. The number of carbonyl (C=O) groups is 2. The van der Waals surface area contributed by atoms with Crippen LogP contribution in [0, 0.1) is 0 Å². The van der Waals surface area contributed by atoms with E-state index in [1.54, 1.807) is 12.1 Å². The van der Waals surface area contributed by atoms with Crippen molar-refractivity contribution in [3.05, 3.63) is 35.4 Å². The second kappa shape index (κ2) is 8.29. The van der Waals surface area contributed by atoms with Crippen molar-refractivity contribution in [2.24, 2.45) is 0 Å². The molecule has 0 aliphatic rings. The molecule has 1 aromatic rings. The van der Waals surface area contributed by atoms with Crippen molar-refractivity contribution in [2.45, 2.75) is 32.6 Å². The minimum absolute atomic E-state index is 0.175. The van der Waals surface area contributed by atoms with Crippen molar-refractivity contribution in [3.63, 3.8) is 0 Å². The van der Waals surface area contributed by atoms with Gasteiger partial charge in [0.05, 0.1) is 19.3 Å². The molecular weight excluding hydrogens is 244 g/mol. The third-order valence-corrected chi connectivity index (χ3v) is 2.75. The van der Waals surface area contributed by atoms with Crippen LogP contribution in [0.3, 0.4) is 0 Å². The number of hydrogen-bond acceptors (Lipinski definition) is 4. The van der Waals surface area contributed by atoms with Gasteiger partial charge in [-0.25, -0.2) is 4.79 Å². The van der Waals surface area contributed by atoms with Gasteiger partial charge in [-0.1, -0.05) is 25.5 Å². The van der Waals surface area contributed by atoms with Crippen LogP contribution in [0.5, 0.6) is 0 Å². The van der Waals surface area contributed by atoms with E-state index in [2.05, 4.69) is 11.7 Å². The van der Waals surface area contributed by atoms with E-state index >= 15 is 0 Å². The van der Waals surface area contributed by atoms with E-state index in [4.69, 9.17) is 4.74 Å². The molecule has 0 aromatic heterocycles. The quantitative estimate of drug-likeness (QED) is 0.561. The Morgan fingerprint density at radius 1 is 1.16 bits per heavy atom. The minimum atomic E-state index is -0.356. The third kappa shape index (κ3) is 5.55. The molecule has 0 heterocycles. The lowest BCUT2D eigenvalue weighted by Gasteiger charge is -2.05. The smallest absolute Gasteiger partial charge is 0.337 e. The lowest BCUT2D eigenvalue weighted by atomic mass is 10.1. The highest BCUT2D eigenvalue weighted by molar-refractivity contribution is 5.89. The predicted octanol–water partition coefficient (Wildman–Crippen LogP) is 2.75. The lowest BCUT2D eigenvalue weighted by Crippen LogP contribution is -2.07. The molecule has 0 N–H and O–H groups in total. The van der Waals surface area contributed by atoms with Gasteiger partial charge < -0.3 is 9.47 Å². The summed E-state index contributed by atoms with van der Waals surface area (Å²) in [5, 5.41) is 0. The van der Waals surface area contributed by atoms with Crippen LogP contribution in [0.2, 0.25) is 0 Å². The maximum Gasteiger partial charge on any atom is 0.337 e. The molecule has 0 radical (unpaired) electrons. The number of esters is 2. The van der Waals surface area contributed by atoms with Gasteiger partial charge in [-0.3, -0.25) is 4.79 Å². The summed E-state index contributed by atoms with van der Waals surface area (Å²) < 4.78 is 9.69. The van der Waals surface area contributed by atoms with E-state index in [9.17, 15) is 9.59 Å². The minimum Gasteiger partial charge on any atom is -0.466 e. The summed E-state index contributed by atoms with van der Waals surface area (Å²) in [5.41, 5.74) is 1.51. The van der Waals surface area contributed by atoms with E-state index in [-0.39, 0.29) is 11.9 Å². The molecule has 4 nitrogen and oxygen atoms in total. The molecule has 0 unspecified atom stereocenters. The van der Waals surface area contributed by atoms with Crippen molar-refractivity contribution in [3.8, 4) is 0 Å². The number of aryl methyl sites for hydroxylation is 1. The molecule has 0 bridgehead atoms. The zero-order valence-electron chi connectivity index (χ0n) is 11.5. The van der Waals surface area contributed by atoms with Crippen LogP contribution < -0.4 is 0 Å². The van der Waals surface area contributed by atoms with Crippen molar-refractivity contribution in [1.82, 2.24) is 0 Å². The topological polar surface area (TPSA) is 52.6 Å². The van der Waals surface area contributed by atoms with Gasteiger partial charge in [-0.15, -0.1) is 0 Å². The van der Waals surface area contributed by atoms with Crippen molar-refractivity contribution in [1.29, 1.82) is 0 Å². The molecule has 0 saturated heterocycles. The molecule has 0 amide bonds. The Bertz CT molecular complexity index is 409. The highest BCUT2D eigenvalue weighted by Crippen LogP contribution is 2.08. The summed E-state index contributed by atoms with van der Waals surface area (Å²) in [7, 11) is 1.35. The van der Waals surface area contributed by atoms with Crippen LogP contribution in [0.4, 0.5) is 0 Å². The number of rotatable bonds is 7. The maximum atomic E-state index is 11.4. The van der Waals surface area contributed by atoms with Gasteiger partial charge in [0.2, 0.25) is 0 Å². The van der Waals surface area contributed by atoms with Crippen molar-refractivity contribution >= 4 is 11.9 Å². The van der Waals surface area contributed by atoms with Gasteiger partial charge in [0, 0.05) is 6.42 Å². The van der Waals surface area contributed by atoms with Gasteiger partial charge in [0.25, 0.3) is 0 Å². The molecule has 1 aromatic carbocycles. The Kier molecular flexibility index (Phi) is 6.64. The van der Waals surface area contributed by atoms with Crippen LogP contribution in [-0.4, -0.2) is 25.7 Å². The SMILES string of the molecule is CCCCOC(=O)CCc1ccc(C(=O)OC)cc1. The fourth-order valence-electron chi connectivity index (χ4n) is 1.57. The highest BCUT2D eigenvalue weighted by atomic mass is 16.5. The zero-order valence-corrected chi connectivity index (χ0v) is 11.5. The molecular formula is C15H20O4. The fourth-order valence-corrected chi connectivity index (χ4v) is 1.57. The van der Waals surface area contributed by atoms with Crippen molar-refractivity contribution in [2.75, 3.05) is 13.7 Å². The number of methoxy groups -OCH3 is 1. The monoisotopic (exact) mass is 264 g/mol. The van der Waals surface area contributed by atoms with Crippen LogP contribution >= 0.6 is 0 Å². The predicted molar refractivity (Wildman–Crippen MR) is 72.0 cm³/mol. The van der Waals surface area contributed by atoms with E-state index < -0.39 is 0 Å². The first-order chi connectivity index (χ1) is 9.17. The second-order valence-electron chi connectivity index (χ2n) is 4.26. The number of carbonyl (C=O) groups excluding carboxylic acids is 2. The molecule has 0 atom stereocenters. The van der Waals surface area contributed by atoms with E-state index in [1.807, 2.05) is 12.1 Å². The standard InChI is InChI=1S/C15H20O4/c1-3-4-11-19-14(16)10-7-12-5-8-13(9-6-12)15(17)18-2/h5-6,8-9H,3-4,7,10-11H2,1-2H3. The largest absolute Gasteiger partial charge is 0.466 e. The third-order valence-electron chi connectivity index (χ3n) is 2.75. The summed E-state index contributed by atoms with van der Waals surface area (Å²) in [6, 6.07) is 7.05. The molecule has 0 aliphatic heterocycles. The Morgan fingerprint density at radius 2 is 1.84 bits per heavy atom. The molecule has 1 rings (SSSR count). The number of unbranched alkanes of at least 4 members (excludes halogenated alkanes) is 1. The summed E-state index contributed by atoms with van der Waals surface area (Å²) in [6.45, 7) is 2.55. The van der Waals surface area contributed by atoms with E-state index in [0.29, 0.717) is 25.0 Å². The molecule has 104 valence electrons. The van der Waals surface area contributed by atoms with Crippen LogP contribution in [-0.2, 0) is 20.7 Å². The number of ether oxygens (including phenoxy) is 2. The Labute approximate surface area is 113 Å². The van der Waals surface area contributed by atoms with Crippen molar-refractivity contribution < 1.29 is 19.1 Å². The summed E-state index contributed by atoms with van der Waals surface area (Å²) >= 11 is 0. The second-order valence-corrected chi connectivity index (χ2v) is 4.26. The summed E-state index contributed by atoms with van der Waals surface area (Å²) in [5.74, 6) is -0.531. The van der Waals surface area contributed by atoms with E-state index in [1.165, 1.54) is 7.11 Å². The van der Waals surface area contributed by atoms with Gasteiger partial charge >= 0.3 is 11.9 Å². The average molecular weight is 264 g/mol. The highest BCUT2D eigenvalue weighted by Gasteiger charge is 2.06. The molecule has 4 heteroatoms. The van der Waals surface area contributed by atoms with Crippen LogP contribution in [0.25, 0.3) is 0 Å². The van der Waals surface area contributed by atoms with Gasteiger partial charge in [-0.05, 0) is 30.5 Å². The Balaban J connectivity index is 2.37. The first-order valence-corrected chi connectivity index (χ1v) is 6.50. The fraction of sp³-hybridized carbons (Fsp3) is 0.467. The number of benzene rings is 1. The molecule has 0 saturated carbocycles. The first kappa shape index (κ1) is 15.2. The molecule has 19 heavy (non-hydrogen) atoms. The van der Waals surface area contributed by atoms with Gasteiger partial charge in [-0.2, -0.15) is 0 Å². The van der Waals surface area contributed by atoms with Gasteiger partial charge in [0.1, 0.15) is 0 Å². The maximum absolute atomic E-state index is 11.4. The number of hydrogen-bond donors (Lipinski definition) is 0. The summed E-state index contributed by atoms with van der Waals surface area (Å²) in [6.07, 6.45) is 2.90. The first-order valence-electron chi connectivity index (χ1n) is 6.50. The van der Waals surface area contributed by atoms with Crippen LogP contribution in [0.1, 0.15) is 42.1 Å². The molecule has 0 fully saturated rings. The Hall–Kier alpha value is -1.84. The normalized spacial score (nSPS) is 10.0.